The van der Waals surface area contributed by atoms with Crippen molar-refractivity contribution < 1.29 is 4.74 Å². The number of ether oxygens (including phenoxy) is 1. The number of halogens is 1. The number of fused-ring (bicyclic) bond motifs is 1. The number of morpholine rings is 1. The van der Waals surface area contributed by atoms with Gasteiger partial charge in [-0.3, -0.25) is 9.89 Å². The van der Waals surface area contributed by atoms with Crippen LogP contribution < -0.4 is 5.32 Å². The quantitative estimate of drug-likeness (QED) is 0.369. The zero-order valence-corrected chi connectivity index (χ0v) is 20.2. The highest BCUT2D eigenvalue weighted by Crippen LogP contribution is 2.24. The first-order valence-corrected chi connectivity index (χ1v) is 10.9. The molecule has 158 valence electrons. The lowest BCUT2D eigenvalue weighted by Crippen LogP contribution is -2.50. The number of rotatable bonds is 5. The summed E-state index contributed by atoms with van der Waals surface area (Å²) >= 11 is 1.71. The van der Waals surface area contributed by atoms with Gasteiger partial charge in [0.2, 0.25) is 0 Å². The number of nitrogens with zero attached hydrogens (tertiary/aromatic N) is 4. The fourth-order valence-electron chi connectivity index (χ4n) is 4.10. The fraction of sp³-hybridized carbons (Fsp3) is 0.524. The van der Waals surface area contributed by atoms with Crippen molar-refractivity contribution in [1.29, 1.82) is 0 Å². The van der Waals surface area contributed by atoms with Gasteiger partial charge in [0.1, 0.15) is 0 Å². The average Bonchev–Trinajstić information content (AvgIpc) is 3.33. The molecule has 0 radical (unpaired) electrons. The predicted octanol–water partition coefficient (Wildman–Crippen LogP) is 2.77. The third kappa shape index (κ3) is 5.68. The Labute approximate surface area is 194 Å². The van der Waals surface area contributed by atoms with Crippen molar-refractivity contribution in [2.45, 2.75) is 32.0 Å². The van der Waals surface area contributed by atoms with E-state index in [1.807, 2.05) is 14.0 Å². The Morgan fingerprint density at radius 1 is 1.31 bits per heavy atom. The van der Waals surface area contributed by atoms with Crippen LogP contribution in [0.3, 0.4) is 0 Å². The minimum atomic E-state index is 0. The number of aryl methyl sites for hydroxylation is 1. The Bertz CT molecular complexity index is 799. The first-order chi connectivity index (χ1) is 13.7. The van der Waals surface area contributed by atoms with E-state index in [1.54, 1.807) is 11.3 Å². The van der Waals surface area contributed by atoms with Gasteiger partial charge in [-0.1, -0.05) is 30.3 Å². The third-order valence-corrected chi connectivity index (χ3v) is 6.31. The number of guanidine groups is 1. The minimum Gasteiger partial charge on any atom is -0.373 e. The molecule has 2 aliphatic rings. The SMILES string of the molecule is CN=C(NCCc1csc(C)n1)N1CC2OCCN(Cc3ccccc3)C2C1.I. The molecule has 0 spiro atoms. The van der Waals surface area contributed by atoms with E-state index in [4.69, 9.17) is 4.74 Å². The largest absolute Gasteiger partial charge is 0.373 e. The van der Waals surface area contributed by atoms with Gasteiger partial charge in [-0.05, 0) is 12.5 Å². The van der Waals surface area contributed by atoms with Gasteiger partial charge in [-0.15, -0.1) is 35.3 Å². The summed E-state index contributed by atoms with van der Waals surface area (Å²) in [6.45, 7) is 7.51. The molecule has 0 amide bonds. The zero-order valence-electron chi connectivity index (χ0n) is 17.1. The molecule has 3 heterocycles. The van der Waals surface area contributed by atoms with Gasteiger partial charge >= 0.3 is 0 Å². The number of hydrogen-bond donors (Lipinski definition) is 1. The first kappa shape index (κ1) is 22.5. The second-order valence-corrected chi connectivity index (χ2v) is 8.48. The van der Waals surface area contributed by atoms with Crippen LogP contribution in [0.5, 0.6) is 0 Å². The van der Waals surface area contributed by atoms with Crippen LogP contribution >= 0.6 is 35.3 Å². The summed E-state index contributed by atoms with van der Waals surface area (Å²) in [6.07, 6.45) is 1.16. The van der Waals surface area contributed by atoms with Gasteiger partial charge in [-0.2, -0.15) is 0 Å². The molecule has 2 unspecified atom stereocenters. The molecule has 8 heteroatoms. The zero-order chi connectivity index (χ0) is 19.3. The lowest BCUT2D eigenvalue weighted by atomic mass is 10.1. The topological polar surface area (TPSA) is 53.0 Å². The lowest BCUT2D eigenvalue weighted by molar-refractivity contribution is -0.0502. The molecule has 0 saturated carbocycles. The maximum atomic E-state index is 6.10. The standard InChI is InChI=1S/C21H29N5OS.HI/c1-16-24-18(15-28-16)8-9-23-21(22-2)26-13-19-20(14-26)27-11-10-25(19)12-17-6-4-3-5-7-17;/h3-7,15,19-20H,8-14H2,1-2H3,(H,22,23);1H. The van der Waals surface area contributed by atoms with Crippen molar-refractivity contribution in [2.75, 3.05) is 39.8 Å². The van der Waals surface area contributed by atoms with E-state index in [0.717, 1.165) is 62.4 Å². The molecule has 2 fully saturated rings. The van der Waals surface area contributed by atoms with E-state index in [9.17, 15) is 0 Å². The molecular formula is C21H30IN5OS. The van der Waals surface area contributed by atoms with Crippen molar-refractivity contribution in [1.82, 2.24) is 20.1 Å². The van der Waals surface area contributed by atoms with Crippen LogP contribution in [0, 0.1) is 6.92 Å². The second kappa shape index (κ2) is 10.7. The molecule has 2 aromatic rings. The van der Waals surface area contributed by atoms with Crippen LogP contribution in [0.2, 0.25) is 0 Å². The van der Waals surface area contributed by atoms with Gasteiger partial charge < -0.3 is 15.0 Å². The highest BCUT2D eigenvalue weighted by molar-refractivity contribution is 14.0. The minimum absolute atomic E-state index is 0. The van der Waals surface area contributed by atoms with Crippen LogP contribution in [-0.2, 0) is 17.7 Å². The Balaban J connectivity index is 0.00000240. The molecule has 1 aromatic carbocycles. The highest BCUT2D eigenvalue weighted by Gasteiger charge is 2.41. The first-order valence-electron chi connectivity index (χ1n) is 9.99. The van der Waals surface area contributed by atoms with Crippen molar-refractivity contribution in [3.05, 3.63) is 52.0 Å². The molecule has 2 aliphatic heterocycles. The van der Waals surface area contributed by atoms with Gasteiger partial charge in [-0.25, -0.2) is 4.98 Å². The normalized spacial score (nSPS) is 22.3. The summed E-state index contributed by atoms with van der Waals surface area (Å²) in [5.41, 5.74) is 2.51. The molecule has 2 saturated heterocycles. The van der Waals surface area contributed by atoms with E-state index in [-0.39, 0.29) is 30.1 Å². The van der Waals surface area contributed by atoms with Crippen LogP contribution in [0.25, 0.3) is 0 Å². The molecule has 1 aromatic heterocycles. The Morgan fingerprint density at radius 3 is 2.86 bits per heavy atom. The van der Waals surface area contributed by atoms with Gasteiger partial charge in [0.25, 0.3) is 0 Å². The second-order valence-electron chi connectivity index (χ2n) is 7.42. The number of likely N-dealkylation sites (tertiary alicyclic amines) is 1. The maximum Gasteiger partial charge on any atom is 0.193 e. The summed E-state index contributed by atoms with van der Waals surface area (Å²) in [4.78, 5) is 14.0. The van der Waals surface area contributed by atoms with Crippen molar-refractivity contribution >= 4 is 41.3 Å². The number of thiazole rings is 1. The number of hydrogen-bond acceptors (Lipinski definition) is 5. The van der Waals surface area contributed by atoms with Crippen LogP contribution in [0.4, 0.5) is 0 Å². The number of aliphatic imine (C=N–C) groups is 1. The summed E-state index contributed by atoms with van der Waals surface area (Å²) in [6, 6.07) is 11.1. The highest BCUT2D eigenvalue weighted by atomic mass is 127. The van der Waals surface area contributed by atoms with E-state index in [2.05, 4.69) is 60.8 Å². The van der Waals surface area contributed by atoms with E-state index in [1.165, 1.54) is 5.56 Å². The number of benzene rings is 1. The van der Waals surface area contributed by atoms with Crippen molar-refractivity contribution in [2.24, 2.45) is 4.99 Å². The van der Waals surface area contributed by atoms with E-state index in [0.29, 0.717) is 6.04 Å². The molecule has 29 heavy (non-hydrogen) atoms. The maximum absolute atomic E-state index is 6.10. The summed E-state index contributed by atoms with van der Waals surface area (Å²) in [7, 11) is 1.86. The molecule has 4 rings (SSSR count). The fourth-order valence-corrected chi connectivity index (χ4v) is 4.75. The third-order valence-electron chi connectivity index (χ3n) is 5.49. The number of nitrogens with one attached hydrogen (secondary N) is 1. The van der Waals surface area contributed by atoms with Gasteiger partial charge in [0.15, 0.2) is 5.96 Å². The van der Waals surface area contributed by atoms with Crippen LogP contribution in [0.15, 0.2) is 40.7 Å². The average molecular weight is 527 g/mol. The monoisotopic (exact) mass is 527 g/mol. The smallest absolute Gasteiger partial charge is 0.193 e. The van der Waals surface area contributed by atoms with Crippen LogP contribution in [-0.4, -0.2) is 72.7 Å². The molecular weight excluding hydrogens is 497 g/mol. The summed E-state index contributed by atoms with van der Waals surface area (Å²) < 4.78 is 6.10. The predicted molar refractivity (Wildman–Crippen MR) is 129 cm³/mol. The molecule has 1 N–H and O–H groups in total. The molecule has 6 nitrogen and oxygen atoms in total. The van der Waals surface area contributed by atoms with Crippen molar-refractivity contribution in [3.63, 3.8) is 0 Å². The molecule has 0 aliphatic carbocycles. The Hall–Kier alpha value is -1.23. The summed E-state index contributed by atoms with van der Waals surface area (Å²) in [5.74, 6) is 0.963. The Morgan fingerprint density at radius 2 is 2.14 bits per heavy atom. The van der Waals surface area contributed by atoms with Gasteiger partial charge in [0, 0.05) is 51.6 Å². The van der Waals surface area contributed by atoms with E-state index < -0.39 is 0 Å². The lowest BCUT2D eigenvalue weighted by Gasteiger charge is -2.36. The Kier molecular flexibility index (Phi) is 8.28. The molecule has 2 atom stereocenters. The van der Waals surface area contributed by atoms with E-state index >= 15 is 0 Å². The molecule has 0 bridgehead atoms. The van der Waals surface area contributed by atoms with Gasteiger partial charge in [0.05, 0.1) is 29.5 Å². The van der Waals surface area contributed by atoms with Crippen LogP contribution in [0.1, 0.15) is 16.3 Å². The summed E-state index contributed by atoms with van der Waals surface area (Å²) in [5, 5.41) is 6.77. The van der Waals surface area contributed by atoms with Crippen molar-refractivity contribution in [3.8, 4) is 0 Å². The number of aromatic nitrogens is 1.